The first-order valence-electron chi connectivity index (χ1n) is 4.20. The van der Waals surface area contributed by atoms with Crippen LogP contribution in [0.3, 0.4) is 0 Å². The Balaban J connectivity index is 3.22. The number of carbonyl (C=O) groups excluding carboxylic acids is 1. The number of rotatable bonds is 2. The van der Waals surface area contributed by atoms with Crippen LogP contribution in [0.25, 0.3) is 0 Å². The summed E-state index contributed by atoms with van der Waals surface area (Å²) in [5.74, 6) is -0.809. The number of hydrogen-bond donors (Lipinski definition) is 2. The molecule has 0 heterocycles. The maximum atomic E-state index is 11.2. The van der Waals surface area contributed by atoms with Gasteiger partial charge in [0.25, 0.3) is 0 Å². The number of phenols is 1. The molecule has 0 atom stereocenters. The van der Waals surface area contributed by atoms with E-state index in [9.17, 15) is 9.90 Å². The van der Waals surface area contributed by atoms with Gasteiger partial charge in [0.05, 0.1) is 12.8 Å². The minimum atomic E-state index is -0.639. The van der Waals surface area contributed by atoms with Gasteiger partial charge in [-0.15, -0.1) is 0 Å². The maximum absolute atomic E-state index is 11.2. The number of hydrogen-bond acceptors (Lipinski definition) is 5. The SMILES string of the molecule is COC(=O)c1cc(C(C)=NO)ccc1O. The van der Waals surface area contributed by atoms with Crippen LogP contribution in [0.1, 0.15) is 22.8 Å². The van der Waals surface area contributed by atoms with E-state index in [1.165, 1.54) is 25.3 Å². The predicted molar refractivity (Wildman–Crippen MR) is 53.4 cm³/mol. The highest BCUT2D eigenvalue weighted by Gasteiger charge is 2.12. The second kappa shape index (κ2) is 4.45. The van der Waals surface area contributed by atoms with Crippen molar-refractivity contribution in [3.63, 3.8) is 0 Å². The van der Waals surface area contributed by atoms with Crippen LogP contribution < -0.4 is 0 Å². The lowest BCUT2D eigenvalue weighted by Gasteiger charge is -2.04. The van der Waals surface area contributed by atoms with Gasteiger partial charge in [0.1, 0.15) is 11.3 Å². The lowest BCUT2D eigenvalue weighted by atomic mass is 10.1. The van der Waals surface area contributed by atoms with E-state index in [1.807, 2.05) is 0 Å². The van der Waals surface area contributed by atoms with Gasteiger partial charge >= 0.3 is 5.97 Å². The van der Waals surface area contributed by atoms with E-state index in [4.69, 9.17) is 5.21 Å². The van der Waals surface area contributed by atoms with Gasteiger partial charge in [-0.3, -0.25) is 0 Å². The van der Waals surface area contributed by atoms with Crippen LogP contribution >= 0.6 is 0 Å². The number of nitrogens with zero attached hydrogens (tertiary/aromatic N) is 1. The number of esters is 1. The summed E-state index contributed by atoms with van der Waals surface area (Å²) in [6.07, 6.45) is 0. The number of ether oxygens (including phenoxy) is 1. The number of aromatic hydroxyl groups is 1. The molecule has 80 valence electrons. The van der Waals surface area contributed by atoms with Crippen molar-refractivity contribution in [2.45, 2.75) is 6.92 Å². The van der Waals surface area contributed by atoms with Gasteiger partial charge < -0.3 is 15.1 Å². The molecule has 0 aliphatic heterocycles. The molecule has 0 unspecified atom stereocenters. The Kier molecular flexibility index (Phi) is 3.28. The van der Waals surface area contributed by atoms with Gasteiger partial charge in [0, 0.05) is 5.56 Å². The third kappa shape index (κ3) is 2.25. The quantitative estimate of drug-likeness (QED) is 0.334. The molecule has 5 nitrogen and oxygen atoms in total. The summed E-state index contributed by atoms with van der Waals surface area (Å²) in [6.45, 7) is 1.58. The van der Waals surface area contributed by atoms with Crippen molar-refractivity contribution in [1.29, 1.82) is 0 Å². The minimum Gasteiger partial charge on any atom is -0.507 e. The molecule has 0 bridgehead atoms. The largest absolute Gasteiger partial charge is 0.507 e. The van der Waals surface area contributed by atoms with E-state index < -0.39 is 5.97 Å². The van der Waals surface area contributed by atoms with E-state index in [0.717, 1.165) is 0 Å². The molecule has 0 amide bonds. The number of phenolic OH excluding ortho intramolecular Hbond substituents is 1. The molecule has 1 rings (SSSR count). The summed E-state index contributed by atoms with van der Waals surface area (Å²) in [5, 5.41) is 20.9. The van der Waals surface area contributed by atoms with Crippen molar-refractivity contribution < 1.29 is 19.8 Å². The number of oxime groups is 1. The Morgan fingerprint density at radius 2 is 2.13 bits per heavy atom. The van der Waals surface area contributed by atoms with Crippen LogP contribution in [0.15, 0.2) is 23.4 Å². The van der Waals surface area contributed by atoms with Gasteiger partial charge in [0.2, 0.25) is 0 Å². The van der Waals surface area contributed by atoms with Gasteiger partial charge in [-0.1, -0.05) is 5.16 Å². The molecule has 2 N–H and O–H groups in total. The summed E-state index contributed by atoms with van der Waals surface area (Å²) in [6, 6.07) is 4.28. The van der Waals surface area contributed by atoms with Crippen molar-refractivity contribution in [2.75, 3.05) is 7.11 Å². The second-order valence-electron chi connectivity index (χ2n) is 2.91. The van der Waals surface area contributed by atoms with E-state index in [2.05, 4.69) is 9.89 Å². The molecule has 15 heavy (non-hydrogen) atoms. The molecular formula is C10H11NO4. The summed E-state index contributed by atoms with van der Waals surface area (Å²) >= 11 is 0. The molecule has 1 aromatic rings. The van der Waals surface area contributed by atoms with Crippen molar-refractivity contribution in [3.05, 3.63) is 29.3 Å². The Hall–Kier alpha value is -2.04. The minimum absolute atomic E-state index is 0.0398. The highest BCUT2D eigenvalue weighted by molar-refractivity contribution is 6.01. The first kappa shape index (κ1) is 11.0. The molecule has 5 heteroatoms. The van der Waals surface area contributed by atoms with Crippen molar-refractivity contribution >= 4 is 11.7 Å². The van der Waals surface area contributed by atoms with E-state index in [1.54, 1.807) is 6.92 Å². The fourth-order valence-corrected chi connectivity index (χ4v) is 1.09. The van der Waals surface area contributed by atoms with E-state index in [-0.39, 0.29) is 11.3 Å². The monoisotopic (exact) mass is 209 g/mol. The summed E-state index contributed by atoms with van der Waals surface area (Å²) in [5.41, 5.74) is 0.925. The molecule has 0 saturated heterocycles. The smallest absolute Gasteiger partial charge is 0.341 e. The fourth-order valence-electron chi connectivity index (χ4n) is 1.09. The molecule has 0 saturated carbocycles. The average Bonchev–Trinajstić information content (AvgIpc) is 2.27. The Labute approximate surface area is 86.6 Å². The molecule has 0 spiro atoms. The van der Waals surface area contributed by atoms with Crippen molar-refractivity contribution in [3.8, 4) is 5.75 Å². The van der Waals surface area contributed by atoms with E-state index in [0.29, 0.717) is 11.3 Å². The van der Waals surface area contributed by atoms with Crippen LogP contribution in [0, 0.1) is 0 Å². The zero-order valence-corrected chi connectivity index (χ0v) is 8.39. The predicted octanol–water partition coefficient (Wildman–Crippen LogP) is 1.38. The molecular weight excluding hydrogens is 198 g/mol. The molecule has 1 aromatic carbocycles. The molecule has 0 radical (unpaired) electrons. The van der Waals surface area contributed by atoms with Crippen LogP contribution in [0.4, 0.5) is 0 Å². The van der Waals surface area contributed by atoms with Gasteiger partial charge in [-0.25, -0.2) is 4.79 Å². The summed E-state index contributed by atoms with van der Waals surface area (Å²) < 4.78 is 4.48. The van der Waals surface area contributed by atoms with Crippen LogP contribution in [0.5, 0.6) is 5.75 Å². The van der Waals surface area contributed by atoms with Crippen LogP contribution in [-0.4, -0.2) is 29.1 Å². The lowest BCUT2D eigenvalue weighted by Crippen LogP contribution is -2.04. The fraction of sp³-hybridized carbons (Fsp3) is 0.200. The first-order valence-corrected chi connectivity index (χ1v) is 4.20. The third-order valence-electron chi connectivity index (χ3n) is 1.97. The van der Waals surface area contributed by atoms with Crippen LogP contribution in [0.2, 0.25) is 0 Å². The maximum Gasteiger partial charge on any atom is 0.341 e. The molecule has 0 aliphatic rings. The molecule has 0 aliphatic carbocycles. The Bertz CT molecular complexity index is 412. The number of carbonyl (C=O) groups is 1. The lowest BCUT2D eigenvalue weighted by molar-refractivity contribution is 0.0597. The Morgan fingerprint density at radius 1 is 1.47 bits per heavy atom. The summed E-state index contributed by atoms with van der Waals surface area (Å²) in [4.78, 5) is 11.2. The van der Waals surface area contributed by atoms with Gasteiger partial charge in [0.15, 0.2) is 0 Å². The average molecular weight is 209 g/mol. The Morgan fingerprint density at radius 3 is 2.67 bits per heavy atom. The topological polar surface area (TPSA) is 79.1 Å². The standard InChI is InChI=1S/C10H11NO4/c1-6(11-14)7-3-4-9(12)8(5-7)10(13)15-2/h3-5,12,14H,1-2H3. The number of benzene rings is 1. The van der Waals surface area contributed by atoms with Crippen molar-refractivity contribution in [2.24, 2.45) is 5.16 Å². The molecule has 0 fully saturated rings. The number of methoxy groups -OCH3 is 1. The van der Waals surface area contributed by atoms with Crippen molar-refractivity contribution in [1.82, 2.24) is 0 Å². The molecule has 0 aromatic heterocycles. The highest BCUT2D eigenvalue weighted by atomic mass is 16.5. The normalized spacial score (nSPS) is 11.2. The van der Waals surface area contributed by atoms with Crippen LogP contribution in [-0.2, 0) is 4.74 Å². The van der Waals surface area contributed by atoms with Gasteiger partial charge in [-0.05, 0) is 25.1 Å². The summed E-state index contributed by atoms with van der Waals surface area (Å²) in [7, 11) is 1.22. The van der Waals surface area contributed by atoms with Gasteiger partial charge in [-0.2, -0.15) is 0 Å². The van der Waals surface area contributed by atoms with E-state index >= 15 is 0 Å². The zero-order valence-electron chi connectivity index (χ0n) is 8.39. The highest BCUT2D eigenvalue weighted by Crippen LogP contribution is 2.19. The first-order chi connectivity index (χ1) is 7.10. The third-order valence-corrected chi connectivity index (χ3v) is 1.97. The zero-order chi connectivity index (χ0) is 11.4. The second-order valence-corrected chi connectivity index (χ2v) is 2.91.